The number of likely N-dealkylation sites (tertiary alicyclic amines) is 2. The van der Waals surface area contributed by atoms with E-state index in [1.165, 1.54) is 6.92 Å². The molecule has 0 saturated carbocycles. The number of carbonyl (C=O) groups excluding carboxylic acids is 4. The molecule has 0 unspecified atom stereocenters. The topological polar surface area (TPSA) is 90.0 Å². The van der Waals surface area contributed by atoms with Gasteiger partial charge in [-0.2, -0.15) is 0 Å². The maximum absolute atomic E-state index is 13.5. The van der Waals surface area contributed by atoms with Crippen molar-refractivity contribution < 1.29 is 19.2 Å². The van der Waals surface area contributed by atoms with E-state index in [4.69, 9.17) is 23.2 Å². The second kappa shape index (κ2) is 12.4. The van der Waals surface area contributed by atoms with Gasteiger partial charge >= 0.3 is 0 Å². The molecule has 4 rings (SSSR count). The summed E-state index contributed by atoms with van der Waals surface area (Å²) in [4.78, 5) is 55.5. The van der Waals surface area contributed by atoms with Crippen LogP contribution in [0.5, 0.6) is 0 Å². The average molecular weight is 574 g/mol. The minimum Gasteiger partial charge on any atom is -0.343 e. The van der Waals surface area contributed by atoms with Crippen LogP contribution in [0, 0.1) is 5.92 Å². The Hall–Kier alpha value is -3.10. The molecule has 0 bridgehead atoms. The third-order valence-corrected chi connectivity index (χ3v) is 8.56. The number of rotatable bonds is 5. The Morgan fingerprint density at radius 3 is 2.10 bits per heavy atom. The summed E-state index contributed by atoms with van der Waals surface area (Å²) in [7, 11) is 1.79. The van der Waals surface area contributed by atoms with Crippen molar-refractivity contribution in [3.05, 3.63) is 63.6 Å². The Balaban J connectivity index is 1.53. The van der Waals surface area contributed by atoms with E-state index in [1.54, 1.807) is 54.1 Å². The average Bonchev–Trinajstić information content (AvgIpc) is 2.93. The molecule has 0 aromatic heterocycles. The lowest BCUT2D eigenvalue weighted by molar-refractivity contribution is -0.141. The summed E-state index contributed by atoms with van der Waals surface area (Å²) >= 11 is 12.6. The van der Waals surface area contributed by atoms with Gasteiger partial charge < -0.3 is 20.0 Å². The number of likely N-dealkylation sites (N-methyl/N-ethyl adjacent to an activating group) is 1. The molecule has 2 aliphatic heterocycles. The Bertz CT molecular complexity index is 1240. The molecule has 2 aliphatic rings. The minimum atomic E-state index is -0.179. The van der Waals surface area contributed by atoms with Gasteiger partial charge in [0.25, 0.3) is 5.91 Å². The molecule has 208 valence electrons. The van der Waals surface area contributed by atoms with Crippen molar-refractivity contribution in [2.24, 2.45) is 5.92 Å². The predicted molar refractivity (Wildman–Crippen MR) is 152 cm³/mol. The van der Waals surface area contributed by atoms with Crippen LogP contribution in [0.1, 0.15) is 54.9 Å². The number of hydrogen-bond acceptors (Lipinski definition) is 4. The van der Waals surface area contributed by atoms with E-state index in [0.29, 0.717) is 66.7 Å². The van der Waals surface area contributed by atoms with Crippen LogP contribution in [-0.2, 0) is 14.4 Å². The third kappa shape index (κ3) is 6.73. The number of nitrogens with one attached hydrogen (secondary N) is 1. The molecule has 2 fully saturated rings. The van der Waals surface area contributed by atoms with Crippen LogP contribution >= 0.6 is 23.2 Å². The van der Waals surface area contributed by atoms with Crippen LogP contribution in [0.2, 0.25) is 10.0 Å². The molecular weight excluding hydrogens is 539 g/mol. The number of amides is 4. The van der Waals surface area contributed by atoms with Gasteiger partial charge in [-0.3, -0.25) is 19.2 Å². The molecule has 2 atom stereocenters. The molecule has 4 amide bonds. The normalized spacial score (nSPS) is 19.9. The third-order valence-electron chi connectivity index (χ3n) is 7.82. The number of hydrogen-bond donors (Lipinski definition) is 1. The molecule has 2 aromatic carbocycles. The Morgan fingerprint density at radius 2 is 1.51 bits per heavy atom. The number of anilines is 1. The zero-order valence-corrected chi connectivity index (χ0v) is 24.0. The van der Waals surface area contributed by atoms with Crippen molar-refractivity contribution in [2.75, 3.05) is 38.5 Å². The standard InChI is InChI=1S/C29H34Cl2N4O4/c1-18(36)32-23-7-4-20(5-8-23)28(38)33(3)27-12-15-35(17-24(27)22-6-9-25(30)26(31)16-22)29(39)21-10-13-34(14-11-21)19(2)37/h4-9,16,21,24,27H,10-15,17H2,1-3H3,(H,32,36)/t24-,27+/m0/s1. The van der Waals surface area contributed by atoms with Crippen LogP contribution in [0.4, 0.5) is 5.69 Å². The van der Waals surface area contributed by atoms with E-state index in [0.717, 1.165) is 5.56 Å². The molecule has 39 heavy (non-hydrogen) atoms. The van der Waals surface area contributed by atoms with E-state index in [1.807, 2.05) is 17.0 Å². The first-order valence-electron chi connectivity index (χ1n) is 13.2. The quantitative estimate of drug-likeness (QED) is 0.563. The Kier molecular flexibility index (Phi) is 9.18. The minimum absolute atomic E-state index is 0.0406. The summed E-state index contributed by atoms with van der Waals surface area (Å²) in [6, 6.07) is 12.1. The van der Waals surface area contributed by atoms with Crippen LogP contribution in [0.25, 0.3) is 0 Å². The van der Waals surface area contributed by atoms with Crippen molar-refractivity contribution in [3.63, 3.8) is 0 Å². The van der Waals surface area contributed by atoms with E-state index in [9.17, 15) is 19.2 Å². The largest absolute Gasteiger partial charge is 0.343 e. The number of nitrogens with zero attached hydrogens (tertiary/aromatic N) is 3. The summed E-state index contributed by atoms with van der Waals surface area (Å²) in [5, 5.41) is 3.58. The zero-order valence-electron chi connectivity index (χ0n) is 22.5. The summed E-state index contributed by atoms with van der Waals surface area (Å²) in [5.74, 6) is -0.462. The zero-order chi connectivity index (χ0) is 28.3. The van der Waals surface area contributed by atoms with E-state index >= 15 is 0 Å². The summed E-state index contributed by atoms with van der Waals surface area (Å²) in [6.07, 6.45) is 1.92. The molecule has 2 saturated heterocycles. The molecular formula is C29H34Cl2N4O4. The van der Waals surface area contributed by atoms with Gasteiger partial charge in [0.15, 0.2) is 0 Å². The molecule has 2 heterocycles. The molecule has 0 radical (unpaired) electrons. The number of carbonyl (C=O) groups is 4. The van der Waals surface area contributed by atoms with E-state index in [-0.39, 0.29) is 41.5 Å². The fourth-order valence-corrected chi connectivity index (χ4v) is 5.93. The van der Waals surface area contributed by atoms with Crippen molar-refractivity contribution in [2.45, 2.75) is 45.1 Å². The van der Waals surface area contributed by atoms with Gasteiger partial charge in [-0.1, -0.05) is 29.3 Å². The molecule has 0 spiro atoms. The highest BCUT2D eigenvalue weighted by molar-refractivity contribution is 6.42. The maximum atomic E-state index is 13.5. The SMILES string of the molecule is CC(=O)Nc1ccc(C(=O)N(C)[C@@H]2CCN(C(=O)C3CCN(C(C)=O)CC3)C[C@H]2c2ccc(Cl)c(Cl)c2)cc1. The van der Waals surface area contributed by atoms with Gasteiger partial charge in [0, 0.05) is 76.2 Å². The molecule has 10 heteroatoms. The van der Waals surface area contributed by atoms with Gasteiger partial charge in [-0.05, 0) is 61.2 Å². The first-order chi connectivity index (χ1) is 18.5. The number of piperidine rings is 2. The lowest BCUT2D eigenvalue weighted by Gasteiger charge is -2.44. The van der Waals surface area contributed by atoms with Crippen molar-refractivity contribution in [1.82, 2.24) is 14.7 Å². The van der Waals surface area contributed by atoms with Crippen LogP contribution in [-0.4, -0.2) is 77.6 Å². The maximum Gasteiger partial charge on any atom is 0.253 e. The first-order valence-corrected chi connectivity index (χ1v) is 13.9. The monoisotopic (exact) mass is 572 g/mol. The van der Waals surface area contributed by atoms with E-state index < -0.39 is 0 Å². The lowest BCUT2D eigenvalue weighted by atomic mass is 9.83. The summed E-state index contributed by atoms with van der Waals surface area (Å²) in [5.41, 5.74) is 2.05. The second-order valence-corrected chi connectivity index (χ2v) is 11.2. The fourth-order valence-electron chi connectivity index (χ4n) is 5.63. The Morgan fingerprint density at radius 1 is 0.872 bits per heavy atom. The van der Waals surface area contributed by atoms with Crippen molar-refractivity contribution >= 4 is 52.5 Å². The molecule has 8 nitrogen and oxygen atoms in total. The summed E-state index contributed by atoms with van der Waals surface area (Å²) < 4.78 is 0. The fraction of sp³-hybridized carbons (Fsp3) is 0.448. The van der Waals surface area contributed by atoms with Crippen LogP contribution in [0.3, 0.4) is 0 Å². The Labute approximate surface area is 239 Å². The van der Waals surface area contributed by atoms with Crippen LogP contribution < -0.4 is 5.32 Å². The first kappa shape index (κ1) is 28.9. The number of halogens is 2. The van der Waals surface area contributed by atoms with Gasteiger partial charge in [0.2, 0.25) is 17.7 Å². The van der Waals surface area contributed by atoms with E-state index in [2.05, 4.69) is 5.32 Å². The predicted octanol–water partition coefficient (Wildman–Crippen LogP) is 4.67. The molecule has 1 N–H and O–H groups in total. The lowest BCUT2D eigenvalue weighted by Crippen LogP contribution is -2.53. The summed E-state index contributed by atoms with van der Waals surface area (Å²) in [6.45, 7) is 5.17. The molecule has 0 aliphatic carbocycles. The van der Waals surface area contributed by atoms with Gasteiger partial charge in [0.1, 0.15) is 0 Å². The second-order valence-electron chi connectivity index (χ2n) is 10.4. The van der Waals surface area contributed by atoms with Gasteiger partial charge in [-0.25, -0.2) is 0 Å². The van der Waals surface area contributed by atoms with Crippen molar-refractivity contribution in [3.8, 4) is 0 Å². The van der Waals surface area contributed by atoms with Gasteiger partial charge in [0.05, 0.1) is 10.0 Å². The molecule has 2 aromatic rings. The number of benzene rings is 2. The highest BCUT2D eigenvalue weighted by atomic mass is 35.5. The van der Waals surface area contributed by atoms with Crippen LogP contribution in [0.15, 0.2) is 42.5 Å². The van der Waals surface area contributed by atoms with Gasteiger partial charge in [-0.15, -0.1) is 0 Å². The van der Waals surface area contributed by atoms with Crippen molar-refractivity contribution in [1.29, 1.82) is 0 Å². The smallest absolute Gasteiger partial charge is 0.253 e. The highest BCUT2D eigenvalue weighted by Crippen LogP contribution is 2.35. The highest BCUT2D eigenvalue weighted by Gasteiger charge is 2.39.